The minimum atomic E-state index is 0.136. The zero-order valence-corrected chi connectivity index (χ0v) is 11.1. The van der Waals surface area contributed by atoms with Gasteiger partial charge in [0.15, 0.2) is 0 Å². The molecule has 1 heterocycles. The lowest BCUT2D eigenvalue weighted by molar-refractivity contribution is 0.339. The zero-order valence-electron chi connectivity index (χ0n) is 9.55. The van der Waals surface area contributed by atoms with E-state index in [2.05, 4.69) is 36.0 Å². The minimum absolute atomic E-state index is 0.136. The van der Waals surface area contributed by atoms with Crippen molar-refractivity contribution in [2.75, 3.05) is 12.4 Å². The molecule has 0 aromatic carbocycles. The van der Waals surface area contributed by atoms with E-state index in [0.717, 1.165) is 25.8 Å². The highest BCUT2D eigenvalue weighted by Gasteiger charge is 2.23. The van der Waals surface area contributed by atoms with Gasteiger partial charge in [-0.05, 0) is 48.2 Å². The number of halogens is 1. The van der Waals surface area contributed by atoms with Crippen molar-refractivity contribution in [2.45, 2.75) is 38.6 Å². The first-order valence-electron chi connectivity index (χ1n) is 5.58. The molecule has 15 heavy (non-hydrogen) atoms. The number of thiophene rings is 1. The van der Waals surface area contributed by atoms with Gasteiger partial charge in [0.1, 0.15) is 0 Å². The first-order valence-corrected chi connectivity index (χ1v) is 7.06. The molecule has 0 aliphatic heterocycles. The summed E-state index contributed by atoms with van der Waals surface area (Å²) in [5.74, 6) is 0.698. The smallest absolute Gasteiger partial charge is 0.0405 e. The van der Waals surface area contributed by atoms with Crippen molar-refractivity contribution < 1.29 is 0 Å². The van der Waals surface area contributed by atoms with Gasteiger partial charge in [0.2, 0.25) is 0 Å². The summed E-state index contributed by atoms with van der Waals surface area (Å²) in [6.07, 6.45) is 3.29. The summed E-state index contributed by atoms with van der Waals surface area (Å²) in [7, 11) is 0. The molecule has 0 aliphatic rings. The molecule has 86 valence electrons. The van der Waals surface area contributed by atoms with Gasteiger partial charge in [0.05, 0.1) is 0 Å². The van der Waals surface area contributed by atoms with Crippen LogP contribution in [-0.2, 0) is 6.42 Å². The Hall–Kier alpha value is -0.0500. The zero-order chi connectivity index (χ0) is 11.1. The van der Waals surface area contributed by atoms with E-state index < -0.39 is 0 Å². The Morgan fingerprint density at radius 1 is 1.40 bits per heavy atom. The Morgan fingerprint density at radius 3 is 2.60 bits per heavy atom. The van der Waals surface area contributed by atoms with E-state index in [1.165, 1.54) is 5.56 Å². The maximum atomic E-state index is 6.02. The fraction of sp³-hybridized carbons (Fsp3) is 0.667. The van der Waals surface area contributed by atoms with Crippen LogP contribution in [-0.4, -0.2) is 18.0 Å². The van der Waals surface area contributed by atoms with Crippen molar-refractivity contribution in [1.82, 2.24) is 5.32 Å². The lowest BCUT2D eigenvalue weighted by atomic mass is 9.95. The third-order valence-electron chi connectivity index (χ3n) is 3.10. The van der Waals surface area contributed by atoms with E-state index in [9.17, 15) is 0 Å². The van der Waals surface area contributed by atoms with Crippen molar-refractivity contribution in [3.05, 3.63) is 22.4 Å². The van der Waals surface area contributed by atoms with Crippen molar-refractivity contribution in [1.29, 1.82) is 0 Å². The quantitative estimate of drug-likeness (QED) is 0.723. The molecule has 0 aliphatic carbocycles. The van der Waals surface area contributed by atoms with Crippen LogP contribution in [0.3, 0.4) is 0 Å². The van der Waals surface area contributed by atoms with Gasteiger partial charge in [-0.3, -0.25) is 0 Å². The second-order valence-electron chi connectivity index (χ2n) is 3.93. The average Bonchev–Trinajstić information content (AvgIpc) is 2.78. The predicted molar refractivity (Wildman–Crippen MR) is 70.1 cm³/mol. The highest BCUT2D eigenvalue weighted by atomic mass is 35.5. The van der Waals surface area contributed by atoms with Crippen molar-refractivity contribution in [3.63, 3.8) is 0 Å². The van der Waals surface area contributed by atoms with Crippen LogP contribution in [0.4, 0.5) is 0 Å². The van der Waals surface area contributed by atoms with E-state index >= 15 is 0 Å². The average molecular weight is 246 g/mol. The van der Waals surface area contributed by atoms with E-state index in [1.54, 1.807) is 11.3 Å². The Labute approximate surface area is 102 Å². The maximum Gasteiger partial charge on any atom is 0.0405 e. The molecule has 1 rings (SSSR count). The molecule has 0 unspecified atom stereocenters. The predicted octanol–water partition coefficient (Wildman–Crippen LogP) is 3.68. The summed E-state index contributed by atoms with van der Waals surface area (Å²) in [4.78, 5) is 0. The van der Waals surface area contributed by atoms with Gasteiger partial charge in [-0.15, -0.1) is 11.6 Å². The SMILES string of the molecule is CCC(CC)(CCl)NCCc1ccsc1. The molecular weight excluding hydrogens is 226 g/mol. The molecule has 0 atom stereocenters. The van der Waals surface area contributed by atoms with Gasteiger partial charge in [-0.1, -0.05) is 13.8 Å². The molecule has 0 saturated heterocycles. The standard InChI is InChI=1S/C12H20ClNS/c1-3-12(4-2,10-13)14-7-5-11-6-8-15-9-11/h6,8-9,14H,3-5,7,10H2,1-2H3. The Balaban J connectivity index is 2.34. The topological polar surface area (TPSA) is 12.0 Å². The van der Waals surface area contributed by atoms with E-state index in [-0.39, 0.29) is 5.54 Å². The summed E-state index contributed by atoms with van der Waals surface area (Å²) in [5, 5.41) is 7.93. The van der Waals surface area contributed by atoms with E-state index in [1.807, 2.05) is 0 Å². The minimum Gasteiger partial charge on any atom is -0.310 e. The van der Waals surface area contributed by atoms with Gasteiger partial charge in [-0.2, -0.15) is 11.3 Å². The molecule has 0 spiro atoms. The number of rotatable bonds is 7. The molecule has 0 amide bonds. The van der Waals surface area contributed by atoms with Gasteiger partial charge in [0, 0.05) is 11.4 Å². The first-order chi connectivity index (χ1) is 7.26. The molecule has 0 saturated carbocycles. The van der Waals surface area contributed by atoms with Gasteiger partial charge < -0.3 is 5.32 Å². The normalized spacial score (nSPS) is 11.9. The monoisotopic (exact) mass is 245 g/mol. The number of hydrogen-bond donors (Lipinski definition) is 1. The fourth-order valence-corrected chi connectivity index (χ4v) is 2.82. The Bertz CT molecular complexity index is 246. The molecule has 0 fully saturated rings. The van der Waals surface area contributed by atoms with Crippen LogP contribution in [0.5, 0.6) is 0 Å². The van der Waals surface area contributed by atoms with E-state index in [4.69, 9.17) is 11.6 Å². The van der Waals surface area contributed by atoms with Crippen LogP contribution in [0.25, 0.3) is 0 Å². The molecule has 0 radical (unpaired) electrons. The highest BCUT2D eigenvalue weighted by molar-refractivity contribution is 7.07. The fourth-order valence-electron chi connectivity index (χ4n) is 1.64. The molecule has 1 N–H and O–H groups in total. The lowest BCUT2D eigenvalue weighted by Gasteiger charge is -2.30. The largest absolute Gasteiger partial charge is 0.310 e. The van der Waals surface area contributed by atoms with Crippen LogP contribution >= 0.6 is 22.9 Å². The summed E-state index contributed by atoms with van der Waals surface area (Å²) in [6.45, 7) is 5.41. The molecule has 1 nitrogen and oxygen atoms in total. The second kappa shape index (κ2) is 6.51. The third-order valence-corrected chi connectivity index (χ3v) is 4.35. The van der Waals surface area contributed by atoms with Crippen molar-refractivity contribution in [2.24, 2.45) is 0 Å². The maximum absolute atomic E-state index is 6.02. The Kier molecular flexibility index (Phi) is 5.65. The highest BCUT2D eigenvalue weighted by Crippen LogP contribution is 2.17. The van der Waals surface area contributed by atoms with Crippen molar-refractivity contribution >= 4 is 22.9 Å². The van der Waals surface area contributed by atoms with Crippen LogP contribution < -0.4 is 5.32 Å². The lowest BCUT2D eigenvalue weighted by Crippen LogP contribution is -2.46. The van der Waals surface area contributed by atoms with Crippen molar-refractivity contribution in [3.8, 4) is 0 Å². The van der Waals surface area contributed by atoms with E-state index in [0.29, 0.717) is 5.88 Å². The molecule has 3 heteroatoms. The molecular formula is C12H20ClNS. The molecule has 0 bridgehead atoms. The van der Waals surface area contributed by atoms with Crippen LogP contribution in [0.2, 0.25) is 0 Å². The van der Waals surface area contributed by atoms with Gasteiger partial charge in [-0.25, -0.2) is 0 Å². The molecule has 1 aromatic heterocycles. The van der Waals surface area contributed by atoms with Crippen LogP contribution in [0.1, 0.15) is 32.3 Å². The van der Waals surface area contributed by atoms with Gasteiger partial charge >= 0.3 is 0 Å². The number of hydrogen-bond acceptors (Lipinski definition) is 2. The summed E-state index contributed by atoms with van der Waals surface area (Å²) in [6, 6.07) is 2.19. The van der Waals surface area contributed by atoms with Crippen LogP contribution in [0, 0.1) is 0 Å². The summed E-state index contributed by atoms with van der Waals surface area (Å²) >= 11 is 7.79. The van der Waals surface area contributed by atoms with Gasteiger partial charge in [0.25, 0.3) is 0 Å². The number of nitrogens with one attached hydrogen (secondary N) is 1. The van der Waals surface area contributed by atoms with Crippen LogP contribution in [0.15, 0.2) is 16.8 Å². The number of alkyl halides is 1. The second-order valence-corrected chi connectivity index (χ2v) is 4.98. The first kappa shape index (κ1) is 13.0. The summed E-state index contributed by atoms with van der Waals surface area (Å²) < 4.78 is 0. The summed E-state index contributed by atoms with van der Waals surface area (Å²) in [5.41, 5.74) is 1.56. The molecule has 1 aromatic rings. The third kappa shape index (κ3) is 3.78. The Morgan fingerprint density at radius 2 is 2.13 bits per heavy atom.